The zero-order valence-corrected chi connectivity index (χ0v) is 11.8. The fourth-order valence-electron chi connectivity index (χ4n) is 3.37. The van der Waals surface area contributed by atoms with Crippen molar-refractivity contribution < 1.29 is 9.53 Å². The summed E-state index contributed by atoms with van der Waals surface area (Å²) in [6.07, 6.45) is 1.66. The highest BCUT2D eigenvalue weighted by molar-refractivity contribution is 5.81. The second-order valence-electron chi connectivity index (χ2n) is 6.67. The van der Waals surface area contributed by atoms with Gasteiger partial charge in [-0.2, -0.15) is 0 Å². The minimum Gasteiger partial charge on any atom is -0.459 e. The third-order valence-electron chi connectivity index (χ3n) is 4.15. The van der Waals surface area contributed by atoms with Gasteiger partial charge in [0.05, 0.1) is 5.41 Å². The van der Waals surface area contributed by atoms with Gasteiger partial charge in [0.1, 0.15) is 5.60 Å². The second-order valence-corrected chi connectivity index (χ2v) is 6.67. The molecule has 1 saturated heterocycles. The summed E-state index contributed by atoms with van der Waals surface area (Å²) < 4.78 is 5.68. The molecule has 19 heavy (non-hydrogen) atoms. The molecule has 1 aromatic carbocycles. The van der Waals surface area contributed by atoms with Crippen LogP contribution in [0.2, 0.25) is 0 Å². The predicted octanol–water partition coefficient (Wildman–Crippen LogP) is 2.61. The van der Waals surface area contributed by atoms with E-state index in [-0.39, 0.29) is 12.0 Å². The summed E-state index contributed by atoms with van der Waals surface area (Å²) >= 11 is 0. The lowest BCUT2D eigenvalue weighted by Gasteiger charge is -2.31. The van der Waals surface area contributed by atoms with E-state index in [2.05, 4.69) is 17.4 Å². The number of rotatable bonds is 1. The van der Waals surface area contributed by atoms with Gasteiger partial charge in [-0.15, -0.1) is 0 Å². The highest BCUT2D eigenvalue weighted by atomic mass is 16.6. The molecule has 0 amide bonds. The number of ether oxygens (including phenoxy) is 1. The Labute approximate surface area is 114 Å². The smallest absolute Gasteiger partial charge is 0.314 e. The molecule has 2 aliphatic rings. The molecule has 2 atom stereocenters. The van der Waals surface area contributed by atoms with Gasteiger partial charge < -0.3 is 10.1 Å². The number of hydrogen-bond donors (Lipinski definition) is 1. The fraction of sp³-hybridized carbons (Fsp3) is 0.562. The molecule has 102 valence electrons. The van der Waals surface area contributed by atoms with Crippen LogP contribution in [0.15, 0.2) is 24.3 Å². The van der Waals surface area contributed by atoms with Gasteiger partial charge in [-0.3, -0.25) is 4.79 Å². The molecule has 0 saturated carbocycles. The van der Waals surface area contributed by atoms with Crippen LogP contribution in [0.1, 0.15) is 44.4 Å². The third-order valence-corrected chi connectivity index (χ3v) is 4.15. The maximum Gasteiger partial charge on any atom is 0.314 e. The first kappa shape index (κ1) is 12.7. The van der Waals surface area contributed by atoms with E-state index in [9.17, 15) is 4.79 Å². The number of hydrogen-bond acceptors (Lipinski definition) is 3. The molecular formula is C16H21NO2. The van der Waals surface area contributed by atoms with Gasteiger partial charge in [0.15, 0.2) is 0 Å². The normalized spacial score (nSPS) is 28.9. The van der Waals surface area contributed by atoms with E-state index in [1.165, 1.54) is 11.1 Å². The van der Waals surface area contributed by atoms with Crippen LogP contribution in [-0.2, 0) is 16.0 Å². The Morgan fingerprint density at radius 1 is 1.37 bits per heavy atom. The molecule has 3 rings (SSSR count). The monoisotopic (exact) mass is 259 g/mol. The van der Waals surface area contributed by atoms with E-state index in [0.717, 1.165) is 19.4 Å². The maximum absolute atomic E-state index is 12.7. The molecule has 3 nitrogen and oxygen atoms in total. The Bertz CT molecular complexity index is 518. The summed E-state index contributed by atoms with van der Waals surface area (Å²) in [6.45, 7) is 6.68. The summed E-state index contributed by atoms with van der Waals surface area (Å²) in [5.41, 5.74) is 1.74. The Morgan fingerprint density at radius 3 is 2.84 bits per heavy atom. The van der Waals surface area contributed by atoms with Crippen molar-refractivity contribution in [2.75, 3.05) is 6.54 Å². The minimum atomic E-state index is -0.423. The Morgan fingerprint density at radius 2 is 2.11 bits per heavy atom. The van der Waals surface area contributed by atoms with Crippen molar-refractivity contribution in [3.05, 3.63) is 35.4 Å². The largest absolute Gasteiger partial charge is 0.459 e. The van der Waals surface area contributed by atoms with Crippen LogP contribution in [0, 0.1) is 5.41 Å². The van der Waals surface area contributed by atoms with Crippen LogP contribution in [0.4, 0.5) is 0 Å². The van der Waals surface area contributed by atoms with Crippen molar-refractivity contribution in [3.63, 3.8) is 0 Å². The number of benzene rings is 1. The minimum absolute atomic E-state index is 0.0498. The van der Waals surface area contributed by atoms with Crippen LogP contribution in [-0.4, -0.2) is 18.1 Å². The third kappa shape index (κ3) is 1.96. The first-order chi connectivity index (χ1) is 8.92. The Kier molecular flexibility index (Phi) is 2.72. The van der Waals surface area contributed by atoms with Crippen LogP contribution < -0.4 is 5.32 Å². The summed E-state index contributed by atoms with van der Waals surface area (Å²) in [6, 6.07) is 8.47. The molecule has 0 unspecified atom stereocenters. The SMILES string of the molecule is CC(C)(C)OC(=O)[C@]12CCN[C@H]1c1ccccc1C2. The van der Waals surface area contributed by atoms with Crippen LogP contribution >= 0.6 is 0 Å². The van der Waals surface area contributed by atoms with Gasteiger partial charge in [-0.25, -0.2) is 0 Å². The van der Waals surface area contributed by atoms with Crippen molar-refractivity contribution in [2.45, 2.75) is 45.3 Å². The second kappa shape index (κ2) is 4.07. The highest BCUT2D eigenvalue weighted by Crippen LogP contribution is 2.52. The molecule has 1 N–H and O–H groups in total. The summed E-state index contributed by atoms with van der Waals surface area (Å²) in [4.78, 5) is 12.7. The van der Waals surface area contributed by atoms with E-state index in [1.54, 1.807) is 0 Å². The maximum atomic E-state index is 12.7. The van der Waals surface area contributed by atoms with E-state index < -0.39 is 11.0 Å². The molecule has 1 aromatic rings. The van der Waals surface area contributed by atoms with E-state index >= 15 is 0 Å². The van der Waals surface area contributed by atoms with Crippen LogP contribution in [0.3, 0.4) is 0 Å². The highest BCUT2D eigenvalue weighted by Gasteiger charge is 2.55. The number of fused-ring (bicyclic) bond motifs is 3. The summed E-state index contributed by atoms with van der Waals surface area (Å²) in [7, 11) is 0. The van der Waals surface area contributed by atoms with Crippen molar-refractivity contribution >= 4 is 5.97 Å². The van der Waals surface area contributed by atoms with Gasteiger partial charge in [-0.1, -0.05) is 24.3 Å². The zero-order valence-electron chi connectivity index (χ0n) is 11.8. The first-order valence-electron chi connectivity index (χ1n) is 6.97. The summed E-state index contributed by atoms with van der Waals surface area (Å²) in [5, 5.41) is 3.48. The van der Waals surface area contributed by atoms with Crippen molar-refractivity contribution in [1.82, 2.24) is 5.32 Å². The zero-order chi connectivity index (χ0) is 13.7. The van der Waals surface area contributed by atoms with Gasteiger partial charge in [-0.05, 0) is 51.3 Å². The fourth-order valence-corrected chi connectivity index (χ4v) is 3.37. The van der Waals surface area contributed by atoms with Crippen molar-refractivity contribution in [1.29, 1.82) is 0 Å². The molecule has 0 spiro atoms. The van der Waals surface area contributed by atoms with Crippen molar-refractivity contribution in [2.24, 2.45) is 5.41 Å². The number of carbonyl (C=O) groups excluding carboxylic acids is 1. The standard InChI is InChI=1S/C16H21NO2/c1-15(2,3)19-14(18)16-8-9-17-13(16)12-7-5-4-6-11(12)10-16/h4-7,13,17H,8-10H2,1-3H3/t13-,16-/m0/s1. The number of esters is 1. The van der Waals surface area contributed by atoms with Gasteiger partial charge in [0.25, 0.3) is 0 Å². The van der Waals surface area contributed by atoms with E-state index in [1.807, 2.05) is 32.9 Å². The molecule has 1 fully saturated rings. The molecule has 0 aromatic heterocycles. The lowest BCUT2D eigenvalue weighted by Crippen LogP contribution is -2.39. The number of carbonyl (C=O) groups is 1. The average molecular weight is 259 g/mol. The van der Waals surface area contributed by atoms with Gasteiger partial charge >= 0.3 is 5.97 Å². The van der Waals surface area contributed by atoms with E-state index in [4.69, 9.17) is 4.74 Å². The lowest BCUT2D eigenvalue weighted by molar-refractivity contribution is -0.167. The first-order valence-corrected chi connectivity index (χ1v) is 6.97. The molecule has 1 heterocycles. The van der Waals surface area contributed by atoms with Gasteiger partial charge in [0.2, 0.25) is 0 Å². The lowest BCUT2D eigenvalue weighted by atomic mass is 9.81. The Hall–Kier alpha value is -1.35. The number of nitrogens with one attached hydrogen (secondary N) is 1. The molecule has 0 bridgehead atoms. The average Bonchev–Trinajstić information content (AvgIpc) is 2.83. The van der Waals surface area contributed by atoms with Crippen molar-refractivity contribution in [3.8, 4) is 0 Å². The Balaban J connectivity index is 1.95. The van der Waals surface area contributed by atoms with Gasteiger partial charge in [0, 0.05) is 6.04 Å². The predicted molar refractivity (Wildman–Crippen MR) is 73.8 cm³/mol. The molecule has 1 aliphatic heterocycles. The summed E-state index contributed by atoms with van der Waals surface area (Å²) in [5.74, 6) is -0.0498. The van der Waals surface area contributed by atoms with Crippen LogP contribution in [0.5, 0.6) is 0 Å². The van der Waals surface area contributed by atoms with Crippen LogP contribution in [0.25, 0.3) is 0 Å². The molecule has 3 heteroatoms. The quantitative estimate of drug-likeness (QED) is 0.788. The molecule has 0 radical (unpaired) electrons. The van der Waals surface area contributed by atoms with E-state index in [0.29, 0.717) is 0 Å². The molecular weight excluding hydrogens is 238 g/mol. The topological polar surface area (TPSA) is 38.3 Å². The molecule has 1 aliphatic carbocycles.